The van der Waals surface area contributed by atoms with Crippen LogP contribution in [-0.2, 0) is 6.42 Å². The van der Waals surface area contributed by atoms with Crippen LogP contribution in [0.5, 0.6) is 0 Å². The second-order valence-corrected chi connectivity index (χ2v) is 6.27. The summed E-state index contributed by atoms with van der Waals surface area (Å²) in [6, 6.07) is 3.92. The Labute approximate surface area is 124 Å². The maximum Gasteiger partial charge on any atom is 0.279 e. The third kappa shape index (κ3) is 3.33. The van der Waals surface area contributed by atoms with Gasteiger partial charge in [0.05, 0.1) is 15.9 Å². The van der Waals surface area contributed by atoms with Gasteiger partial charge in [0.1, 0.15) is 0 Å². The monoisotopic (exact) mass is 342 g/mol. The highest BCUT2D eigenvalue weighted by Gasteiger charge is 2.27. The molecule has 0 heterocycles. The van der Waals surface area contributed by atoms with Gasteiger partial charge in [0.25, 0.3) is 11.4 Å². The second-order valence-electron chi connectivity index (χ2n) is 5.09. The smallest absolute Gasteiger partial charge is 0.258 e. The third-order valence-electron chi connectivity index (χ3n) is 3.77. The Morgan fingerprint density at radius 3 is 2.45 bits per heavy atom. The van der Waals surface area contributed by atoms with Gasteiger partial charge in [-0.05, 0) is 31.2 Å². The fraction of sp³-hybridized carbons (Fsp3) is 0.538. The molecule has 0 N–H and O–H groups in total. The summed E-state index contributed by atoms with van der Waals surface area (Å²) in [5.74, 6) is 0.351. The Balaban J connectivity index is 2.26. The molecular formula is C13H15BrN2O4. The molecule has 108 valence electrons. The van der Waals surface area contributed by atoms with Crippen molar-refractivity contribution in [3.8, 4) is 0 Å². The van der Waals surface area contributed by atoms with Crippen LogP contribution in [0.25, 0.3) is 0 Å². The van der Waals surface area contributed by atoms with Crippen LogP contribution in [0.15, 0.2) is 18.2 Å². The Morgan fingerprint density at radius 1 is 1.15 bits per heavy atom. The second kappa shape index (κ2) is 6.30. The van der Waals surface area contributed by atoms with Crippen LogP contribution in [0.3, 0.4) is 0 Å². The number of non-ortho nitro benzene ring substituents is 1. The van der Waals surface area contributed by atoms with Crippen LogP contribution in [-0.4, -0.2) is 14.7 Å². The van der Waals surface area contributed by atoms with Crippen molar-refractivity contribution in [3.63, 3.8) is 0 Å². The lowest BCUT2D eigenvalue weighted by Crippen LogP contribution is -2.21. The van der Waals surface area contributed by atoms with E-state index in [4.69, 9.17) is 0 Å². The van der Waals surface area contributed by atoms with E-state index in [1.807, 2.05) is 0 Å². The standard InChI is InChI=1S/C13H15BrN2O4/c14-12-4-2-1-3-9(12)7-10-5-6-11(15(17)18)8-13(10)16(19)20/h5-6,8-9,12H,1-4,7H2. The molecular weight excluding hydrogens is 328 g/mol. The number of nitro groups is 2. The van der Waals surface area contributed by atoms with Gasteiger partial charge in [0, 0.05) is 16.5 Å². The van der Waals surface area contributed by atoms with Crippen LogP contribution in [0.4, 0.5) is 11.4 Å². The Bertz CT molecular complexity index is 535. The molecule has 0 amide bonds. The van der Waals surface area contributed by atoms with Crippen molar-refractivity contribution < 1.29 is 9.85 Å². The molecule has 1 aromatic carbocycles. The highest BCUT2D eigenvalue weighted by molar-refractivity contribution is 9.09. The quantitative estimate of drug-likeness (QED) is 0.470. The fourth-order valence-electron chi connectivity index (χ4n) is 2.68. The van der Waals surface area contributed by atoms with Gasteiger partial charge in [0.15, 0.2) is 0 Å². The molecule has 0 aliphatic heterocycles. The van der Waals surface area contributed by atoms with Crippen molar-refractivity contribution in [1.82, 2.24) is 0 Å². The van der Waals surface area contributed by atoms with E-state index in [0.717, 1.165) is 25.3 Å². The summed E-state index contributed by atoms with van der Waals surface area (Å²) in [6.07, 6.45) is 5.00. The van der Waals surface area contributed by atoms with E-state index in [9.17, 15) is 20.2 Å². The van der Waals surface area contributed by atoms with Gasteiger partial charge >= 0.3 is 0 Å². The van der Waals surface area contributed by atoms with Crippen LogP contribution in [0.2, 0.25) is 0 Å². The normalized spacial score (nSPS) is 22.4. The molecule has 0 aromatic heterocycles. The first-order valence-electron chi connectivity index (χ1n) is 6.55. The summed E-state index contributed by atoms with van der Waals surface area (Å²) in [5, 5.41) is 21.8. The van der Waals surface area contributed by atoms with Gasteiger partial charge in [-0.3, -0.25) is 20.2 Å². The lowest BCUT2D eigenvalue weighted by atomic mass is 9.84. The van der Waals surface area contributed by atoms with E-state index in [-0.39, 0.29) is 11.4 Å². The highest BCUT2D eigenvalue weighted by atomic mass is 79.9. The lowest BCUT2D eigenvalue weighted by molar-refractivity contribution is -0.394. The largest absolute Gasteiger partial charge is 0.279 e. The zero-order valence-electron chi connectivity index (χ0n) is 10.8. The first-order valence-corrected chi connectivity index (χ1v) is 7.46. The molecule has 2 unspecified atom stereocenters. The zero-order chi connectivity index (χ0) is 14.7. The predicted molar refractivity (Wildman–Crippen MR) is 78.1 cm³/mol. The summed E-state index contributed by atoms with van der Waals surface area (Å²) in [7, 11) is 0. The zero-order valence-corrected chi connectivity index (χ0v) is 12.4. The van der Waals surface area contributed by atoms with Crippen LogP contribution < -0.4 is 0 Å². The van der Waals surface area contributed by atoms with Crippen LogP contribution >= 0.6 is 15.9 Å². The molecule has 0 bridgehead atoms. The molecule has 1 aliphatic rings. The van der Waals surface area contributed by atoms with E-state index in [1.165, 1.54) is 18.6 Å². The molecule has 7 heteroatoms. The molecule has 2 rings (SSSR count). The first-order chi connectivity index (χ1) is 9.49. The molecule has 6 nitrogen and oxygen atoms in total. The Kier molecular flexibility index (Phi) is 4.69. The predicted octanol–water partition coefficient (Wildman–Crippen LogP) is 4.00. The average molecular weight is 343 g/mol. The van der Waals surface area contributed by atoms with E-state index < -0.39 is 9.85 Å². The molecule has 2 atom stereocenters. The summed E-state index contributed by atoms with van der Waals surface area (Å²) in [4.78, 5) is 21.0. The molecule has 1 aromatic rings. The van der Waals surface area contributed by atoms with Gasteiger partial charge in [0.2, 0.25) is 0 Å². The molecule has 0 radical (unpaired) electrons. The molecule has 1 saturated carbocycles. The van der Waals surface area contributed by atoms with Crippen molar-refractivity contribution in [1.29, 1.82) is 0 Å². The van der Waals surface area contributed by atoms with E-state index in [1.54, 1.807) is 0 Å². The highest BCUT2D eigenvalue weighted by Crippen LogP contribution is 2.35. The lowest BCUT2D eigenvalue weighted by Gasteiger charge is -2.27. The number of alkyl halides is 1. The summed E-state index contributed by atoms with van der Waals surface area (Å²) >= 11 is 3.63. The minimum atomic E-state index is -0.606. The maximum atomic E-state index is 11.1. The van der Waals surface area contributed by atoms with Crippen molar-refractivity contribution in [3.05, 3.63) is 44.0 Å². The molecule has 0 saturated heterocycles. The van der Waals surface area contributed by atoms with E-state index in [2.05, 4.69) is 15.9 Å². The average Bonchev–Trinajstić information content (AvgIpc) is 2.41. The number of nitro benzene ring substituents is 2. The summed E-state index contributed by atoms with van der Waals surface area (Å²) < 4.78 is 0. The number of rotatable bonds is 4. The van der Waals surface area contributed by atoms with Crippen molar-refractivity contribution >= 4 is 27.3 Å². The van der Waals surface area contributed by atoms with E-state index >= 15 is 0 Å². The molecule has 20 heavy (non-hydrogen) atoms. The van der Waals surface area contributed by atoms with Gasteiger partial charge in [-0.25, -0.2) is 0 Å². The van der Waals surface area contributed by atoms with Crippen molar-refractivity contribution in [2.24, 2.45) is 5.92 Å². The topological polar surface area (TPSA) is 86.3 Å². The first kappa shape index (κ1) is 14.9. The molecule has 1 fully saturated rings. The summed E-state index contributed by atoms with van der Waals surface area (Å²) in [5.41, 5.74) is 0.195. The fourth-order valence-corrected chi connectivity index (χ4v) is 3.46. The van der Waals surface area contributed by atoms with Crippen molar-refractivity contribution in [2.75, 3.05) is 0 Å². The number of halogens is 1. The van der Waals surface area contributed by atoms with Crippen LogP contribution in [0, 0.1) is 26.1 Å². The number of nitrogens with zero attached hydrogens (tertiary/aromatic N) is 2. The number of hydrogen-bond acceptors (Lipinski definition) is 4. The number of hydrogen-bond donors (Lipinski definition) is 0. The SMILES string of the molecule is O=[N+]([O-])c1ccc(CC2CCCCC2Br)c([N+](=O)[O-])c1. The molecule has 1 aliphatic carbocycles. The maximum absolute atomic E-state index is 11.1. The van der Waals surface area contributed by atoms with Gasteiger partial charge in [-0.1, -0.05) is 28.8 Å². The Morgan fingerprint density at radius 2 is 1.85 bits per heavy atom. The third-order valence-corrected chi connectivity index (χ3v) is 4.98. The van der Waals surface area contributed by atoms with Gasteiger partial charge in [-0.15, -0.1) is 0 Å². The van der Waals surface area contributed by atoms with E-state index in [0.29, 0.717) is 22.7 Å². The Hall–Kier alpha value is -1.50. The minimum Gasteiger partial charge on any atom is -0.258 e. The van der Waals surface area contributed by atoms with Gasteiger partial charge < -0.3 is 0 Å². The minimum absolute atomic E-state index is 0.149. The number of benzene rings is 1. The van der Waals surface area contributed by atoms with Crippen LogP contribution in [0.1, 0.15) is 31.2 Å². The summed E-state index contributed by atoms with van der Waals surface area (Å²) in [6.45, 7) is 0. The van der Waals surface area contributed by atoms with Crippen molar-refractivity contribution in [2.45, 2.75) is 36.9 Å². The molecule has 0 spiro atoms. The van der Waals surface area contributed by atoms with Gasteiger partial charge in [-0.2, -0.15) is 0 Å².